The van der Waals surface area contributed by atoms with Crippen LogP contribution in [-0.2, 0) is 4.74 Å². The van der Waals surface area contributed by atoms with Crippen molar-refractivity contribution in [2.75, 3.05) is 12.8 Å². The number of halogens is 1. The van der Waals surface area contributed by atoms with Crippen molar-refractivity contribution in [3.8, 4) is 0 Å². The number of carbonyl (C=O) groups excluding carboxylic acids is 1. The molecule has 0 fully saturated rings. The molecule has 0 saturated heterocycles. The average Bonchev–Trinajstić information content (AvgIpc) is 2.27. The Morgan fingerprint density at radius 1 is 1.44 bits per heavy atom. The molecule has 0 aliphatic rings. The lowest BCUT2D eigenvalue weighted by atomic mass is 10.1. The number of pyridine rings is 1. The van der Waals surface area contributed by atoms with Gasteiger partial charge in [-0.1, -0.05) is 17.7 Å². The Labute approximate surface area is 97.0 Å². The SMILES string of the molecule is COC(=O)c1cc2ccc(Cl)cc2nc1N. The lowest BCUT2D eigenvalue weighted by Gasteiger charge is -2.05. The molecule has 0 atom stereocenters. The molecule has 0 aliphatic heterocycles. The molecule has 5 heteroatoms. The molecule has 82 valence electrons. The smallest absolute Gasteiger partial charge is 0.341 e. The highest BCUT2D eigenvalue weighted by Crippen LogP contribution is 2.22. The number of fused-ring (bicyclic) bond motifs is 1. The molecule has 16 heavy (non-hydrogen) atoms. The minimum Gasteiger partial charge on any atom is -0.465 e. The number of aromatic nitrogens is 1. The third-order valence-electron chi connectivity index (χ3n) is 2.21. The number of benzene rings is 1. The van der Waals surface area contributed by atoms with Crippen LogP contribution in [-0.4, -0.2) is 18.1 Å². The van der Waals surface area contributed by atoms with Crippen molar-refractivity contribution >= 4 is 34.3 Å². The van der Waals surface area contributed by atoms with Crippen LogP contribution in [0, 0.1) is 0 Å². The third-order valence-corrected chi connectivity index (χ3v) is 2.45. The van der Waals surface area contributed by atoms with E-state index in [2.05, 4.69) is 9.72 Å². The molecular weight excluding hydrogens is 228 g/mol. The number of carbonyl (C=O) groups is 1. The largest absolute Gasteiger partial charge is 0.465 e. The van der Waals surface area contributed by atoms with Gasteiger partial charge in [-0.2, -0.15) is 0 Å². The van der Waals surface area contributed by atoms with Crippen LogP contribution >= 0.6 is 11.6 Å². The summed E-state index contributed by atoms with van der Waals surface area (Å²) in [6.07, 6.45) is 0. The van der Waals surface area contributed by atoms with E-state index < -0.39 is 5.97 Å². The number of nitrogen functional groups attached to an aromatic ring is 1. The molecule has 0 aliphatic carbocycles. The van der Waals surface area contributed by atoms with E-state index in [1.807, 2.05) is 0 Å². The summed E-state index contributed by atoms with van der Waals surface area (Å²) in [7, 11) is 1.30. The summed E-state index contributed by atoms with van der Waals surface area (Å²) < 4.78 is 4.60. The first-order valence-corrected chi connectivity index (χ1v) is 4.93. The molecule has 2 aromatic rings. The van der Waals surface area contributed by atoms with Crippen molar-refractivity contribution < 1.29 is 9.53 Å². The Morgan fingerprint density at radius 2 is 2.19 bits per heavy atom. The number of rotatable bonds is 1. The third kappa shape index (κ3) is 1.79. The van der Waals surface area contributed by atoms with Gasteiger partial charge in [-0.15, -0.1) is 0 Å². The van der Waals surface area contributed by atoms with E-state index in [9.17, 15) is 4.79 Å². The number of anilines is 1. The number of esters is 1. The standard InChI is InChI=1S/C11H9ClN2O2/c1-16-11(15)8-4-6-2-3-7(12)5-9(6)14-10(8)13/h2-5H,1H3,(H2,13,14). The fraction of sp³-hybridized carbons (Fsp3) is 0.0909. The van der Waals surface area contributed by atoms with Gasteiger partial charge in [-0.05, 0) is 18.2 Å². The molecule has 0 radical (unpaired) electrons. The molecule has 1 aromatic heterocycles. The molecule has 1 aromatic carbocycles. The number of hydrogen-bond acceptors (Lipinski definition) is 4. The second-order valence-electron chi connectivity index (χ2n) is 3.25. The van der Waals surface area contributed by atoms with Gasteiger partial charge >= 0.3 is 5.97 Å². The molecule has 0 spiro atoms. The van der Waals surface area contributed by atoms with Crippen molar-refractivity contribution in [2.45, 2.75) is 0 Å². The average molecular weight is 237 g/mol. The predicted octanol–water partition coefficient (Wildman–Crippen LogP) is 2.26. The molecular formula is C11H9ClN2O2. The molecule has 4 nitrogen and oxygen atoms in total. The molecule has 2 rings (SSSR count). The second-order valence-corrected chi connectivity index (χ2v) is 3.69. The molecule has 0 amide bonds. The van der Waals surface area contributed by atoms with Crippen molar-refractivity contribution in [3.63, 3.8) is 0 Å². The van der Waals surface area contributed by atoms with Crippen LogP contribution < -0.4 is 5.73 Å². The van der Waals surface area contributed by atoms with Gasteiger partial charge in [0.05, 0.1) is 12.6 Å². The number of ether oxygens (including phenoxy) is 1. The number of hydrogen-bond donors (Lipinski definition) is 1. The molecule has 0 saturated carbocycles. The molecule has 2 N–H and O–H groups in total. The van der Waals surface area contributed by atoms with Gasteiger partial charge in [0.1, 0.15) is 11.4 Å². The fourth-order valence-electron chi connectivity index (χ4n) is 1.43. The van der Waals surface area contributed by atoms with Crippen LogP contribution in [0.15, 0.2) is 24.3 Å². The van der Waals surface area contributed by atoms with Gasteiger partial charge < -0.3 is 10.5 Å². The maximum Gasteiger partial charge on any atom is 0.341 e. The second kappa shape index (κ2) is 3.98. The van der Waals surface area contributed by atoms with Crippen molar-refractivity contribution in [3.05, 3.63) is 34.9 Å². The minimum atomic E-state index is -0.498. The lowest BCUT2D eigenvalue weighted by molar-refractivity contribution is 0.0602. The predicted molar refractivity (Wildman–Crippen MR) is 62.5 cm³/mol. The number of methoxy groups -OCH3 is 1. The van der Waals surface area contributed by atoms with Crippen molar-refractivity contribution in [1.29, 1.82) is 0 Å². The zero-order valence-electron chi connectivity index (χ0n) is 8.53. The van der Waals surface area contributed by atoms with E-state index in [-0.39, 0.29) is 11.4 Å². The maximum absolute atomic E-state index is 11.4. The van der Waals surface area contributed by atoms with Gasteiger partial charge in [0.15, 0.2) is 0 Å². The molecule has 1 heterocycles. The summed E-state index contributed by atoms with van der Waals surface area (Å²) in [4.78, 5) is 15.5. The van der Waals surface area contributed by atoms with Crippen molar-refractivity contribution in [1.82, 2.24) is 4.98 Å². The topological polar surface area (TPSA) is 65.2 Å². The van der Waals surface area contributed by atoms with E-state index in [4.69, 9.17) is 17.3 Å². The number of nitrogens with two attached hydrogens (primary N) is 1. The molecule has 0 bridgehead atoms. The summed E-state index contributed by atoms with van der Waals surface area (Å²) >= 11 is 5.83. The number of nitrogens with zero attached hydrogens (tertiary/aromatic N) is 1. The summed E-state index contributed by atoms with van der Waals surface area (Å²) in [6.45, 7) is 0. The van der Waals surface area contributed by atoms with Crippen LogP contribution in [0.2, 0.25) is 5.02 Å². The Bertz CT molecular complexity index is 569. The first-order valence-electron chi connectivity index (χ1n) is 4.56. The molecule has 0 unspecified atom stereocenters. The zero-order chi connectivity index (χ0) is 11.7. The van der Waals surface area contributed by atoms with Crippen LogP contribution in [0.25, 0.3) is 10.9 Å². The van der Waals surface area contributed by atoms with Crippen LogP contribution in [0.4, 0.5) is 5.82 Å². The summed E-state index contributed by atoms with van der Waals surface area (Å²) in [5.41, 5.74) is 6.57. The first-order chi connectivity index (χ1) is 7.61. The Kier molecular flexibility index (Phi) is 2.66. The van der Waals surface area contributed by atoms with Crippen molar-refractivity contribution in [2.24, 2.45) is 0 Å². The van der Waals surface area contributed by atoms with Crippen LogP contribution in [0.5, 0.6) is 0 Å². The Balaban J connectivity index is 2.67. The Hall–Kier alpha value is -1.81. The lowest BCUT2D eigenvalue weighted by Crippen LogP contribution is -2.07. The first kappa shape index (κ1) is 10.7. The van der Waals surface area contributed by atoms with Gasteiger partial charge in [0.2, 0.25) is 0 Å². The van der Waals surface area contributed by atoms with E-state index >= 15 is 0 Å². The van der Waals surface area contributed by atoms with Gasteiger partial charge in [0, 0.05) is 10.4 Å². The Morgan fingerprint density at radius 3 is 2.88 bits per heavy atom. The van der Waals surface area contributed by atoms with Gasteiger partial charge in [-0.25, -0.2) is 9.78 Å². The van der Waals surface area contributed by atoms with Gasteiger partial charge in [-0.3, -0.25) is 0 Å². The highest BCUT2D eigenvalue weighted by atomic mass is 35.5. The van der Waals surface area contributed by atoms with Crippen LogP contribution in [0.1, 0.15) is 10.4 Å². The normalized spacial score (nSPS) is 10.4. The van der Waals surface area contributed by atoms with E-state index in [1.54, 1.807) is 24.3 Å². The van der Waals surface area contributed by atoms with E-state index in [0.29, 0.717) is 10.5 Å². The summed E-state index contributed by atoms with van der Waals surface area (Å²) in [5, 5.41) is 1.37. The van der Waals surface area contributed by atoms with Gasteiger partial charge in [0.25, 0.3) is 0 Å². The zero-order valence-corrected chi connectivity index (χ0v) is 9.28. The summed E-state index contributed by atoms with van der Waals surface area (Å²) in [6, 6.07) is 6.83. The van der Waals surface area contributed by atoms with E-state index in [0.717, 1.165) is 5.39 Å². The fourth-order valence-corrected chi connectivity index (χ4v) is 1.59. The highest BCUT2D eigenvalue weighted by molar-refractivity contribution is 6.31. The highest BCUT2D eigenvalue weighted by Gasteiger charge is 2.12. The maximum atomic E-state index is 11.4. The van der Waals surface area contributed by atoms with Crippen LogP contribution in [0.3, 0.4) is 0 Å². The summed E-state index contributed by atoms with van der Waals surface area (Å²) in [5.74, 6) is -0.358. The monoisotopic (exact) mass is 236 g/mol. The minimum absolute atomic E-state index is 0.140. The quantitative estimate of drug-likeness (QED) is 0.772. The van der Waals surface area contributed by atoms with E-state index in [1.165, 1.54) is 7.11 Å².